The maximum atomic E-state index is 13.2. The van der Waals surface area contributed by atoms with Crippen LogP contribution >= 0.6 is 0 Å². The second kappa shape index (κ2) is 11.2. The highest BCUT2D eigenvalue weighted by molar-refractivity contribution is 5.96. The third-order valence-electron chi connectivity index (χ3n) is 5.40. The van der Waals surface area contributed by atoms with E-state index in [1.807, 2.05) is 6.92 Å². The molecule has 178 valence electrons. The average molecular weight is 463 g/mol. The lowest BCUT2D eigenvalue weighted by molar-refractivity contribution is -0.126. The molecule has 10 heteroatoms. The molecule has 8 nitrogen and oxygen atoms in total. The number of halogens is 2. The molecule has 2 heterocycles. The van der Waals surface area contributed by atoms with Gasteiger partial charge in [0.25, 0.3) is 11.8 Å². The summed E-state index contributed by atoms with van der Waals surface area (Å²) < 4.78 is 41.8. The van der Waals surface area contributed by atoms with Crippen LogP contribution in [0.4, 0.5) is 14.5 Å². The highest BCUT2D eigenvalue weighted by Gasteiger charge is 2.31. The lowest BCUT2D eigenvalue weighted by Gasteiger charge is -2.34. The van der Waals surface area contributed by atoms with Crippen molar-refractivity contribution in [3.63, 3.8) is 0 Å². The number of rotatable bonds is 6. The Hall–Kier alpha value is -3.11. The summed E-state index contributed by atoms with van der Waals surface area (Å²) >= 11 is 0. The van der Waals surface area contributed by atoms with Gasteiger partial charge in [-0.3, -0.25) is 14.6 Å². The van der Waals surface area contributed by atoms with E-state index in [-0.39, 0.29) is 35.7 Å². The van der Waals surface area contributed by atoms with Crippen molar-refractivity contribution in [2.75, 3.05) is 12.4 Å². The number of hydrogen-bond donors (Lipinski definition) is 2. The number of nitrogens with zero attached hydrogens (tertiary/aromatic N) is 1. The number of pyridine rings is 1. The van der Waals surface area contributed by atoms with Crippen LogP contribution in [-0.4, -0.2) is 48.3 Å². The summed E-state index contributed by atoms with van der Waals surface area (Å²) in [5, 5.41) is 2.69. The molecule has 2 amide bonds. The van der Waals surface area contributed by atoms with Crippen molar-refractivity contribution in [2.24, 2.45) is 5.73 Å². The van der Waals surface area contributed by atoms with Gasteiger partial charge in [0.15, 0.2) is 11.6 Å². The Labute approximate surface area is 190 Å². The Morgan fingerprint density at radius 1 is 1.18 bits per heavy atom. The van der Waals surface area contributed by atoms with E-state index in [4.69, 9.17) is 19.9 Å². The first-order valence-electron chi connectivity index (χ1n) is 10.6. The first kappa shape index (κ1) is 24.5. The third-order valence-corrected chi connectivity index (χ3v) is 5.40. The summed E-state index contributed by atoms with van der Waals surface area (Å²) in [7, 11) is 1.63. The molecule has 1 aromatic carbocycles. The number of carbonyl (C=O) groups excluding carboxylic acids is 2. The molecule has 2 unspecified atom stereocenters. The van der Waals surface area contributed by atoms with Crippen molar-refractivity contribution in [1.29, 1.82) is 0 Å². The predicted molar refractivity (Wildman–Crippen MR) is 116 cm³/mol. The van der Waals surface area contributed by atoms with Crippen molar-refractivity contribution in [2.45, 2.75) is 57.0 Å². The number of amides is 2. The largest absolute Gasteiger partial charge is 0.487 e. The van der Waals surface area contributed by atoms with E-state index in [1.165, 1.54) is 24.4 Å². The van der Waals surface area contributed by atoms with Crippen LogP contribution in [0.2, 0.25) is 0 Å². The minimum Gasteiger partial charge on any atom is -0.487 e. The van der Waals surface area contributed by atoms with Crippen LogP contribution in [0.25, 0.3) is 0 Å². The Balaban J connectivity index is 0.000000189. The summed E-state index contributed by atoms with van der Waals surface area (Å²) in [6, 6.07) is 6.97. The monoisotopic (exact) mass is 463 g/mol. The fourth-order valence-corrected chi connectivity index (χ4v) is 3.42. The number of aromatic nitrogens is 1. The van der Waals surface area contributed by atoms with E-state index in [0.717, 1.165) is 25.3 Å². The molecule has 1 aliphatic heterocycles. The minimum absolute atomic E-state index is 0.0189. The standard InChI is InChI=1S/C12H15N3O3.C11H12F2O2/c1-7-2-3-10(18-7)12(17)15-8-4-5-14-9(6-8)11(13)16;1-14-7-5-8(6-7)15-10-4-2-3-9(12)11(10)13/h4-7,10H,2-3H2,1H3,(H2,13,16)(H,14,15,17);2-4,7-8H,5-6H2,1H3. The van der Waals surface area contributed by atoms with Crippen molar-refractivity contribution < 1.29 is 32.6 Å². The van der Waals surface area contributed by atoms with Gasteiger partial charge in [-0.05, 0) is 44.0 Å². The molecule has 2 atom stereocenters. The number of anilines is 1. The van der Waals surface area contributed by atoms with Crippen LogP contribution in [0.1, 0.15) is 43.1 Å². The SMILES string of the molecule is CC1CCC(C(=O)Nc2ccnc(C(N)=O)c2)O1.COC1CC(Oc2cccc(F)c2F)C1. The topological polar surface area (TPSA) is 113 Å². The third kappa shape index (κ3) is 6.69. The first-order valence-corrected chi connectivity index (χ1v) is 10.6. The highest BCUT2D eigenvalue weighted by atomic mass is 19.2. The van der Waals surface area contributed by atoms with Crippen LogP contribution in [0, 0.1) is 11.6 Å². The van der Waals surface area contributed by atoms with E-state index in [0.29, 0.717) is 12.1 Å². The van der Waals surface area contributed by atoms with Gasteiger partial charge in [-0.25, -0.2) is 4.39 Å². The minimum atomic E-state index is -0.918. The lowest BCUT2D eigenvalue weighted by Crippen LogP contribution is -2.39. The van der Waals surface area contributed by atoms with Gasteiger partial charge in [0.05, 0.1) is 12.2 Å². The van der Waals surface area contributed by atoms with Crippen LogP contribution in [0.3, 0.4) is 0 Å². The molecule has 33 heavy (non-hydrogen) atoms. The van der Waals surface area contributed by atoms with Crippen LogP contribution in [-0.2, 0) is 14.3 Å². The molecule has 2 fully saturated rings. The Kier molecular flexibility index (Phi) is 8.29. The number of hydrogen-bond acceptors (Lipinski definition) is 6. The molecule has 2 aromatic rings. The maximum absolute atomic E-state index is 13.2. The van der Waals surface area contributed by atoms with Gasteiger partial charge in [0, 0.05) is 31.8 Å². The van der Waals surface area contributed by atoms with E-state index in [2.05, 4.69) is 10.3 Å². The van der Waals surface area contributed by atoms with E-state index < -0.39 is 23.6 Å². The molecule has 1 aliphatic carbocycles. The number of primary amides is 1. The molecule has 1 aromatic heterocycles. The zero-order chi connectivity index (χ0) is 24.0. The van der Waals surface area contributed by atoms with Gasteiger partial charge in [0.1, 0.15) is 17.9 Å². The number of nitrogens with one attached hydrogen (secondary N) is 1. The number of carbonyl (C=O) groups is 2. The number of nitrogens with two attached hydrogens (primary N) is 1. The Morgan fingerprint density at radius 2 is 1.94 bits per heavy atom. The van der Waals surface area contributed by atoms with Gasteiger partial charge in [-0.1, -0.05) is 6.07 Å². The van der Waals surface area contributed by atoms with Crippen LogP contribution in [0.15, 0.2) is 36.5 Å². The van der Waals surface area contributed by atoms with Crippen LogP contribution < -0.4 is 15.8 Å². The molecule has 2 aliphatic rings. The number of benzene rings is 1. The van der Waals surface area contributed by atoms with Crippen molar-refractivity contribution in [1.82, 2.24) is 4.98 Å². The molecule has 0 bridgehead atoms. The van der Waals surface area contributed by atoms with Crippen molar-refractivity contribution >= 4 is 17.5 Å². The molecule has 0 radical (unpaired) electrons. The van der Waals surface area contributed by atoms with E-state index in [1.54, 1.807) is 13.2 Å². The molecular formula is C23H27F2N3O5. The molecular weight excluding hydrogens is 436 g/mol. The average Bonchev–Trinajstić information content (AvgIpc) is 3.20. The predicted octanol–water partition coefficient (Wildman–Crippen LogP) is 3.21. The molecule has 1 saturated heterocycles. The quantitative estimate of drug-likeness (QED) is 0.680. The second-order valence-corrected chi connectivity index (χ2v) is 7.92. The van der Waals surface area contributed by atoms with E-state index >= 15 is 0 Å². The molecule has 0 spiro atoms. The van der Waals surface area contributed by atoms with Crippen molar-refractivity contribution in [3.8, 4) is 5.75 Å². The zero-order valence-corrected chi connectivity index (χ0v) is 18.4. The lowest BCUT2D eigenvalue weighted by atomic mass is 9.92. The number of ether oxygens (including phenoxy) is 3. The Morgan fingerprint density at radius 3 is 2.58 bits per heavy atom. The van der Waals surface area contributed by atoms with Gasteiger partial charge in [-0.2, -0.15) is 4.39 Å². The van der Waals surface area contributed by atoms with Gasteiger partial charge in [0.2, 0.25) is 5.82 Å². The second-order valence-electron chi connectivity index (χ2n) is 7.92. The van der Waals surface area contributed by atoms with Crippen molar-refractivity contribution in [3.05, 3.63) is 53.9 Å². The Bertz CT molecular complexity index is 984. The van der Waals surface area contributed by atoms with Gasteiger partial charge < -0.3 is 25.3 Å². The molecule has 1 saturated carbocycles. The maximum Gasteiger partial charge on any atom is 0.267 e. The molecule has 4 rings (SSSR count). The summed E-state index contributed by atoms with van der Waals surface area (Å²) in [5.41, 5.74) is 5.73. The molecule has 3 N–H and O–H groups in total. The smallest absolute Gasteiger partial charge is 0.267 e. The van der Waals surface area contributed by atoms with E-state index in [9.17, 15) is 18.4 Å². The van der Waals surface area contributed by atoms with Gasteiger partial charge in [-0.15, -0.1) is 0 Å². The highest BCUT2D eigenvalue weighted by Crippen LogP contribution is 2.29. The number of methoxy groups -OCH3 is 1. The van der Waals surface area contributed by atoms with Gasteiger partial charge >= 0.3 is 0 Å². The summed E-state index contributed by atoms with van der Waals surface area (Å²) in [6.45, 7) is 1.94. The first-order chi connectivity index (χ1) is 15.8. The fourth-order valence-electron chi connectivity index (χ4n) is 3.42. The zero-order valence-electron chi connectivity index (χ0n) is 18.4. The fraction of sp³-hybridized carbons (Fsp3) is 0.435. The van der Waals surface area contributed by atoms with Crippen LogP contribution in [0.5, 0.6) is 5.75 Å². The summed E-state index contributed by atoms with van der Waals surface area (Å²) in [6.07, 6.45) is 4.27. The summed E-state index contributed by atoms with van der Waals surface area (Å²) in [5.74, 6) is -2.65. The summed E-state index contributed by atoms with van der Waals surface area (Å²) in [4.78, 5) is 26.6. The normalized spacial score (nSPS) is 23.6.